The Kier molecular flexibility index (Phi) is 4.60. The van der Waals surface area contributed by atoms with E-state index < -0.39 is 12.9 Å². The van der Waals surface area contributed by atoms with E-state index in [0.717, 1.165) is 6.07 Å². The van der Waals surface area contributed by atoms with E-state index in [4.69, 9.17) is 9.47 Å². The summed E-state index contributed by atoms with van der Waals surface area (Å²) in [6.45, 7) is 0.111. The van der Waals surface area contributed by atoms with Gasteiger partial charge in [-0.2, -0.15) is 0 Å². The molecule has 0 atom stereocenters. The summed E-state index contributed by atoms with van der Waals surface area (Å²) < 4.78 is 23.6. The van der Waals surface area contributed by atoms with Crippen molar-refractivity contribution in [2.75, 3.05) is 7.11 Å². The Balaban J connectivity index is 2.10. The summed E-state index contributed by atoms with van der Waals surface area (Å²) in [7, 11) is -0.163. The molecule has 0 amide bonds. The Hall–Kier alpha value is -2.05. The van der Waals surface area contributed by atoms with Crippen LogP contribution in [0.2, 0.25) is 0 Å². The van der Waals surface area contributed by atoms with E-state index in [2.05, 4.69) is 0 Å². The summed E-state index contributed by atoms with van der Waals surface area (Å²) in [5.74, 6) is 0.792. The molecular formula is C14H14BFO4. The predicted octanol–water partition coefficient (Wildman–Crippen LogP) is 1.09. The quantitative estimate of drug-likeness (QED) is 0.803. The molecule has 2 aromatic rings. The molecule has 0 saturated heterocycles. The van der Waals surface area contributed by atoms with Crippen molar-refractivity contribution in [3.8, 4) is 11.5 Å². The standard InChI is InChI=1S/C14H14BFO4/c1-19-12-4-6-13(7-5-12)20-9-10-2-3-11(16)8-14(10)15(17)18/h2-8,17-18H,9H2,1H3. The number of hydrogen-bond donors (Lipinski definition) is 2. The second kappa shape index (κ2) is 6.41. The van der Waals surface area contributed by atoms with Gasteiger partial charge >= 0.3 is 7.12 Å². The lowest BCUT2D eigenvalue weighted by Gasteiger charge is -2.11. The highest BCUT2D eigenvalue weighted by molar-refractivity contribution is 6.59. The predicted molar refractivity (Wildman–Crippen MR) is 73.6 cm³/mol. The molecule has 0 spiro atoms. The van der Waals surface area contributed by atoms with Gasteiger partial charge in [-0.15, -0.1) is 0 Å². The van der Waals surface area contributed by atoms with Gasteiger partial charge in [-0.1, -0.05) is 6.07 Å². The molecule has 20 heavy (non-hydrogen) atoms. The Morgan fingerprint density at radius 3 is 2.30 bits per heavy atom. The fraction of sp³-hybridized carbons (Fsp3) is 0.143. The van der Waals surface area contributed by atoms with Crippen LogP contribution in [-0.4, -0.2) is 24.3 Å². The molecule has 0 aliphatic rings. The van der Waals surface area contributed by atoms with E-state index in [0.29, 0.717) is 17.1 Å². The van der Waals surface area contributed by atoms with Crippen LogP contribution in [0.1, 0.15) is 5.56 Å². The third-order valence-electron chi connectivity index (χ3n) is 2.84. The van der Waals surface area contributed by atoms with Crippen LogP contribution >= 0.6 is 0 Å². The van der Waals surface area contributed by atoms with Crippen molar-refractivity contribution in [1.82, 2.24) is 0 Å². The molecule has 0 aliphatic heterocycles. The summed E-state index contributed by atoms with van der Waals surface area (Å²) in [5.41, 5.74) is 0.607. The number of benzene rings is 2. The Morgan fingerprint density at radius 1 is 1.05 bits per heavy atom. The maximum atomic E-state index is 13.1. The van der Waals surface area contributed by atoms with Crippen molar-refractivity contribution < 1.29 is 23.9 Å². The van der Waals surface area contributed by atoms with Gasteiger partial charge in [0.05, 0.1) is 7.11 Å². The number of hydrogen-bond acceptors (Lipinski definition) is 4. The smallest absolute Gasteiger partial charge is 0.488 e. The molecule has 2 aromatic carbocycles. The van der Waals surface area contributed by atoms with E-state index in [9.17, 15) is 14.4 Å². The minimum atomic E-state index is -1.74. The van der Waals surface area contributed by atoms with Gasteiger partial charge in [-0.05, 0) is 47.4 Å². The van der Waals surface area contributed by atoms with Gasteiger partial charge in [-0.25, -0.2) is 4.39 Å². The first-order valence-electron chi connectivity index (χ1n) is 6.01. The van der Waals surface area contributed by atoms with Crippen LogP contribution in [0.3, 0.4) is 0 Å². The summed E-state index contributed by atoms with van der Waals surface area (Å²) >= 11 is 0. The maximum absolute atomic E-state index is 13.1. The summed E-state index contributed by atoms with van der Waals surface area (Å²) in [6.07, 6.45) is 0. The first-order valence-corrected chi connectivity index (χ1v) is 6.01. The number of halogens is 1. The van der Waals surface area contributed by atoms with Crippen molar-refractivity contribution in [3.63, 3.8) is 0 Å². The van der Waals surface area contributed by atoms with Gasteiger partial charge in [0, 0.05) is 0 Å². The van der Waals surface area contributed by atoms with Crippen LogP contribution in [0, 0.1) is 5.82 Å². The van der Waals surface area contributed by atoms with Gasteiger partial charge in [0.25, 0.3) is 0 Å². The average Bonchev–Trinajstić information content (AvgIpc) is 2.46. The largest absolute Gasteiger partial charge is 0.497 e. The molecule has 4 nitrogen and oxygen atoms in total. The number of methoxy groups -OCH3 is 1. The molecule has 0 heterocycles. The number of rotatable bonds is 5. The average molecular weight is 276 g/mol. The molecule has 2 N–H and O–H groups in total. The third kappa shape index (κ3) is 3.49. The van der Waals surface area contributed by atoms with Crippen LogP contribution in [0.4, 0.5) is 4.39 Å². The summed E-state index contributed by atoms with van der Waals surface area (Å²) in [4.78, 5) is 0. The summed E-state index contributed by atoms with van der Waals surface area (Å²) in [5, 5.41) is 18.4. The molecule has 0 bridgehead atoms. The molecule has 2 rings (SSSR count). The maximum Gasteiger partial charge on any atom is 0.488 e. The highest BCUT2D eigenvalue weighted by Crippen LogP contribution is 2.18. The SMILES string of the molecule is COc1ccc(OCc2ccc(F)cc2B(O)O)cc1. The van der Waals surface area contributed by atoms with Crippen LogP contribution in [0.15, 0.2) is 42.5 Å². The van der Waals surface area contributed by atoms with Crippen LogP contribution in [0.25, 0.3) is 0 Å². The minimum Gasteiger partial charge on any atom is -0.497 e. The topological polar surface area (TPSA) is 58.9 Å². The van der Waals surface area contributed by atoms with E-state index in [1.165, 1.54) is 12.1 Å². The highest BCUT2D eigenvalue weighted by atomic mass is 19.1. The second-order valence-corrected chi connectivity index (χ2v) is 4.18. The molecule has 0 saturated carbocycles. The van der Waals surface area contributed by atoms with Crippen molar-refractivity contribution in [2.24, 2.45) is 0 Å². The van der Waals surface area contributed by atoms with Crippen LogP contribution in [0.5, 0.6) is 11.5 Å². The first kappa shape index (κ1) is 14.4. The van der Waals surface area contributed by atoms with Crippen LogP contribution in [-0.2, 0) is 6.61 Å². The Labute approximate surface area is 116 Å². The zero-order valence-corrected chi connectivity index (χ0v) is 10.9. The van der Waals surface area contributed by atoms with Crippen molar-refractivity contribution in [3.05, 3.63) is 53.8 Å². The lowest BCUT2D eigenvalue weighted by molar-refractivity contribution is 0.305. The number of ether oxygens (including phenoxy) is 2. The van der Waals surface area contributed by atoms with Crippen molar-refractivity contribution in [1.29, 1.82) is 0 Å². The fourth-order valence-electron chi connectivity index (χ4n) is 1.77. The Morgan fingerprint density at radius 2 is 1.70 bits per heavy atom. The lowest BCUT2D eigenvalue weighted by atomic mass is 9.77. The molecule has 0 fully saturated rings. The van der Waals surface area contributed by atoms with Crippen molar-refractivity contribution in [2.45, 2.75) is 6.61 Å². The van der Waals surface area contributed by atoms with E-state index in [1.807, 2.05) is 0 Å². The van der Waals surface area contributed by atoms with Crippen LogP contribution < -0.4 is 14.9 Å². The first-order chi connectivity index (χ1) is 9.60. The van der Waals surface area contributed by atoms with E-state index >= 15 is 0 Å². The van der Waals surface area contributed by atoms with E-state index in [1.54, 1.807) is 31.4 Å². The third-order valence-corrected chi connectivity index (χ3v) is 2.84. The molecule has 104 valence electrons. The van der Waals surface area contributed by atoms with Gasteiger partial charge in [0.15, 0.2) is 0 Å². The zero-order chi connectivity index (χ0) is 14.5. The molecule has 0 radical (unpaired) electrons. The van der Waals surface area contributed by atoms with Gasteiger partial charge in [0.2, 0.25) is 0 Å². The van der Waals surface area contributed by atoms with Gasteiger partial charge in [0.1, 0.15) is 23.9 Å². The molecule has 0 unspecified atom stereocenters. The second-order valence-electron chi connectivity index (χ2n) is 4.18. The Bertz CT molecular complexity index is 572. The van der Waals surface area contributed by atoms with Gasteiger partial charge < -0.3 is 19.5 Å². The summed E-state index contributed by atoms with van der Waals surface area (Å²) in [6, 6.07) is 10.8. The molecular weight excluding hydrogens is 262 g/mol. The zero-order valence-electron chi connectivity index (χ0n) is 10.9. The lowest BCUT2D eigenvalue weighted by Crippen LogP contribution is -2.34. The molecule has 6 heteroatoms. The van der Waals surface area contributed by atoms with Crippen molar-refractivity contribution >= 4 is 12.6 Å². The highest BCUT2D eigenvalue weighted by Gasteiger charge is 2.17. The van der Waals surface area contributed by atoms with Gasteiger partial charge in [-0.3, -0.25) is 0 Å². The normalized spacial score (nSPS) is 10.2. The fourth-order valence-corrected chi connectivity index (χ4v) is 1.77. The monoisotopic (exact) mass is 276 g/mol. The van der Waals surface area contributed by atoms with E-state index in [-0.39, 0.29) is 12.1 Å². The minimum absolute atomic E-state index is 0.0958. The molecule has 0 aliphatic carbocycles. The molecule has 0 aromatic heterocycles.